The number of methoxy groups -OCH3 is 1. The predicted molar refractivity (Wildman–Crippen MR) is 200 cm³/mol. The number of sulfonamides is 1. The van der Waals surface area contributed by atoms with Gasteiger partial charge in [-0.2, -0.15) is 4.72 Å². The number of ether oxygens (including phenoxy) is 3. The minimum Gasteiger partial charge on any atom is -0.494 e. The van der Waals surface area contributed by atoms with E-state index in [1.165, 1.54) is 0 Å². The van der Waals surface area contributed by atoms with E-state index >= 15 is 0 Å². The van der Waals surface area contributed by atoms with E-state index in [2.05, 4.69) is 20.7 Å². The van der Waals surface area contributed by atoms with Gasteiger partial charge in [-0.05, 0) is 122 Å². The Kier molecular flexibility index (Phi) is 16.7. The van der Waals surface area contributed by atoms with Crippen LogP contribution in [0.25, 0.3) is 0 Å². The largest absolute Gasteiger partial charge is 0.494 e. The van der Waals surface area contributed by atoms with Crippen LogP contribution in [0.4, 0.5) is 0 Å². The molecule has 4 N–H and O–H groups in total. The maximum Gasteiger partial charge on any atom is 0.325 e. The summed E-state index contributed by atoms with van der Waals surface area (Å²) in [6.07, 6.45) is 5.25. The highest BCUT2D eigenvalue weighted by Crippen LogP contribution is 2.33. The van der Waals surface area contributed by atoms with Crippen molar-refractivity contribution in [3.8, 4) is 5.75 Å². The van der Waals surface area contributed by atoms with Crippen LogP contribution in [0.1, 0.15) is 99.7 Å². The Hall–Kier alpha value is -4.08. The Morgan fingerprint density at radius 1 is 0.962 bits per heavy atom. The number of rotatable bonds is 20. The molecule has 1 unspecified atom stereocenters. The van der Waals surface area contributed by atoms with Crippen molar-refractivity contribution in [1.29, 1.82) is 0 Å². The lowest BCUT2D eigenvalue weighted by molar-refractivity contribution is -0.157. The molecule has 294 valence electrons. The lowest BCUT2D eigenvalue weighted by Crippen LogP contribution is -2.49. The van der Waals surface area contributed by atoms with Gasteiger partial charge in [0.05, 0.1) is 24.5 Å². The summed E-state index contributed by atoms with van der Waals surface area (Å²) in [6.45, 7) is 10.0. The number of carbonyl (C=O) groups excluding carboxylic acids is 4. The smallest absolute Gasteiger partial charge is 0.325 e. The van der Waals surface area contributed by atoms with E-state index in [-0.39, 0.29) is 48.2 Å². The van der Waals surface area contributed by atoms with Gasteiger partial charge in [-0.15, -0.1) is 0 Å². The van der Waals surface area contributed by atoms with Gasteiger partial charge < -0.3 is 30.2 Å². The zero-order valence-electron chi connectivity index (χ0n) is 32.2. The van der Waals surface area contributed by atoms with Gasteiger partial charge in [0, 0.05) is 43.9 Å². The lowest BCUT2D eigenvalue weighted by Gasteiger charge is -2.27. The second-order valence-corrected chi connectivity index (χ2v) is 16.0. The van der Waals surface area contributed by atoms with Crippen LogP contribution in [0.3, 0.4) is 0 Å². The van der Waals surface area contributed by atoms with Gasteiger partial charge in [0.25, 0.3) is 0 Å². The van der Waals surface area contributed by atoms with E-state index < -0.39 is 27.6 Å². The van der Waals surface area contributed by atoms with E-state index in [4.69, 9.17) is 19.2 Å². The number of pyridine rings is 1. The summed E-state index contributed by atoms with van der Waals surface area (Å²) in [5, 5.41) is 8.41. The molecular formula is C38H57N5O9S. The third-order valence-electron chi connectivity index (χ3n) is 8.63. The van der Waals surface area contributed by atoms with Crippen molar-refractivity contribution in [2.45, 2.75) is 115 Å². The molecule has 1 aromatic carbocycles. The zero-order valence-corrected chi connectivity index (χ0v) is 33.0. The van der Waals surface area contributed by atoms with Gasteiger partial charge in [-0.1, -0.05) is 6.07 Å². The summed E-state index contributed by atoms with van der Waals surface area (Å²) >= 11 is 0. The summed E-state index contributed by atoms with van der Waals surface area (Å²) in [4.78, 5) is 54.8. The van der Waals surface area contributed by atoms with Crippen LogP contribution in [0.15, 0.2) is 29.2 Å². The van der Waals surface area contributed by atoms with Crippen molar-refractivity contribution in [2.75, 3.05) is 40.4 Å². The molecule has 1 aliphatic carbocycles. The first-order chi connectivity index (χ1) is 25.0. The summed E-state index contributed by atoms with van der Waals surface area (Å²) in [5.41, 5.74) is 2.98. The summed E-state index contributed by atoms with van der Waals surface area (Å²) in [7, 11) is -1.26. The number of esters is 2. The highest BCUT2D eigenvalue weighted by atomic mass is 32.2. The van der Waals surface area contributed by atoms with Gasteiger partial charge in [0.15, 0.2) is 0 Å². The molecule has 2 amide bonds. The summed E-state index contributed by atoms with van der Waals surface area (Å²) in [5.74, 6) is -1.33. The topological polar surface area (TPSA) is 191 Å². The van der Waals surface area contributed by atoms with Crippen molar-refractivity contribution < 1.29 is 41.8 Å². The zero-order chi connectivity index (χ0) is 39.2. The van der Waals surface area contributed by atoms with Crippen LogP contribution in [0.2, 0.25) is 0 Å². The molecule has 0 spiro atoms. The van der Waals surface area contributed by atoms with E-state index in [1.54, 1.807) is 33.0 Å². The third-order valence-corrected chi connectivity index (χ3v) is 10.4. The van der Waals surface area contributed by atoms with Gasteiger partial charge in [0.1, 0.15) is 17.4 Å². The van der Waals surface area contributed by atoms with E-state index in [0.717, 1.165) is 43.3 Å². The van der Waals surface area contributed by atoms with E-state index in [1.807, 2.05) is 32.9 Å². The first-order valence-corrected chi connectivity index (χ1v) is 19.8. The van der Waals surface area contributed by atoms with Crippen LogP contribution in [-0.4, -0.2) is 89.2 Å². The summed E-state index contributed by atoms with van der Waals surface area (Å²) in [6, 6.07) is 5.71. The summed E-state index contributed by atoms with van der Waals surface area (Å²) < 4.78 is 45.6. The lowest BCUT2D eigenvalue weighted by atomic mass is 9.85. The minimum absolute atomic E-state index is 0.00913. The second-order valence-electron chi connectivity index (χ2n) is 14.3. The van der Waals surface area contributed by atoms with Crippen LogP contribution in [-0.2, 0) is 51.5 Å². The number of aromatic nitrogens is 1. The number of carbonyl (C=O) groups is 4. The molecule has 1 heterocycles. The quantitative estimate of drug-likeness (QED) is 0.114. The normalized spacial score (nSPS) is 14.8. The molecule has 0 saturated heterocycles. The molecule has 0 saturated carbocycles. The number of fused-ring (bicyclic) bond motifs is 1. The predicted octanol–water partition coefficient (Wildman–Crippen LogP) is 3.30. The molecule has 2 atom stereocenters. The van der Waals surface area contributed by atoms with Crippen LogP contribution >= 0.6 is 0 Å². The number of unbranched alkanes of at least 4 members (excludes halogenated alkanes) is 1. The monoisotopic (exact) mass is 759 g/mol. The number of aryl methyl sites for hydroxylation is 4. The standard InChI is InChI=1S/C38H57N5O9S/c1-25-22-28(51-21-11-16-33(44)40-20-19-39-6)23-26(2)35(25)53(48,49)43-32(37(47)50-7)24-41-34(45)15-9-8-12-27-17-18-29-30(13-10-14-31(29)42-27)36(46)52-38(3,4)5/h17-18,22-23,30,32,39,43H,8-16,19-21,24H2,1-7H3,(H,40,44)(H,41,45)/t30?,32-/m0/s1. The first-order valence-electron chi connectivity index (χ1n) is 18.3. The van der Waals surface area contributed by atoms with E-state index in [0.29, 0.717) is 62.1 Å². The number of nitrogens with zero attached hydrogens (tertiary/aromatic N) is 1. The molecule has 2 aromatic rings. The highest BCUT2D eigenvalue weighted by Gasteiger charge is 2.32. The molecule has 53 heavy (non-hydrogen) atoms. The Morgan fingerprint density at radius 3 is 2.30 bits per heavy atom. The maximum absolute atomic E-state index is 13.5. The average molecular weight is 760 g/mol. The second kappa shape index (κ2) is 20.4. The highest BCUT2D eigenvalue weighted by molar-refractivity contribution is 7.89. The molecule has 15 heteroatoms. The Bertz CT molecular complexity index is 1670. The van der Waals surface area contributed by atoms with Crippen LogP contribution in [0.5, 0.6) is 5.75 Å². The number of nitrogens with one attached hydrogen (secondary N) is 4. The van der Waals surface area contributed by atoms with Gasteiger partial charge in [0.2, 0.25) is 21.8 Å². The molecule has 3 rings (SSSR count). The maximum atomic E-state index is 13.5. The average Bonchev–Trinajstić information content (AvgIpc) is 3.08. The molecule has 1 aromatic heterocycles. The van der Waals surface area contributed by atoms with Crippen LogP contribution in [0, 0.1) is 13.8 Å². The molecule has 1 aliphatic rings. The number of amides is 2. The fraction of sp³-hybridized carbons (Fsp3) is 0.605. The van der Waals surface area contributed by atoms with Crippen molar-refractivity contribution >= 4 is 33.8 Å². The van der Waals surface area contributed by atoms with E-state index in [9.17, 15) is 27.6 Å². The molecule has 14 nitrogen and oxygen atoms in total. The Morgan fingerprint density at radius 2 is 1.64 bits per heavy atom. The number of benzene rings is 1. The van der Waals surface area contributed by atoms with Gasteiger partial charge in [-0.25, -0.2) is 8.42 Å². The molecule has 0 aliphatic heterocycles. The van der Waals surface area contributed by atoms with Crippen molar-refractivity contribution in [3.05, 3.63) is 52.3 Å². The van der Waals surface area contributed by atoms with Crippen molar-refractivity contribution in [1.82, 2.24) is 25.7 Å². The molecule has 0 bridgehead atoms. The number of hydrogen-bond acceptors (Lipinski definition) is 11. The SMILES string of the molecule is CNCCNC(=O)CCCOc1cc(C)c(S(=O)(=O)N[C@@H](CNC(=O)CCCCc2ccc3c(n2)CCCC3C(=O)OC(C)(C)C)C(=O)OC)c(C)c1. The third kappa shape index (κ3) is 14.0. The fourth-order valence-electron chi connectivity index (χ4n) is 6.17. The Labute approximate surface area is 314 Å². The van der Waals surface area contributed by atoms with Gasteiger partial charge in [-0.3, -0.25) is 24.2 Å². The number of likely N-dealkylation sites (N-methyl/N-ethyl adjacent to an activating group) is 1. The fourth-order valence-corrected chi connectivity index (χ4v) is 7.81. The number of hydrogen-bond donors (Lipinski definition) is 4. The van der Waals surface area contributed by atoms with Crippen LogP contribution < -0.4 is 25.4 Å². The molecule has 0 radical (unpaired) electrons. The molecular weight excluding hydrogens is 703 g/mol. The first kappa shape index (κ1) is 43.3. The Balaban J connectivity index is 1.49. The molecule has 0 fully saturated rings. The van der Waals surface area contributed by atoms with Gasteiger partial charge >= 0.3 is 11.9 Å². The minimum atomic E-state index is -4.21. The van der Waals surface area contributed by atoms with Crippen molar-refractivity contribution in [3.63, 3.8) is 0 Å². The van der Waals surface area contributed by atoms with Crippen molar-refractivity contribution in [2.24, 2.45) is 0 Å².